The second-order valence-corrected chi connectivity index (χ2v) is 4.97. The first-order chi connectivity index (χ1) is 9.19. The molecule has 0 atom stereocenters. The van der Waals surface area contributed by atoms with Crippen LogP contribution in [0.5, 0.6) is 0 Å². The van der Waals surface area contributed by atoms with E-state index in [4.69, 9.17) is 27.9 Å². The van der Waals surface area contributed by atoms with Crippen LogP contribution < -0.4 is 10.6 Å². The normalized spacial score (nSPS) is 10.5. The molecule has 19 heavy (non-hydrogen) atoms. The molecule has 0 fully saturated rings. The number of unbranched alkanes of at least 4 members (excludes halogenated alkanes) is 2. The summed E-state index contributed by atoms with van der Waals surface area (Å²) in [4.78, 5) is 4.38. The number of aromatic nitrogens is 1. The lowest BCUT2D eigenvalue weighted by molar-refractivity contribution is 0.192. The predicted molar refractivity (Wildman–Crippen MR) is 82.6 cm³/mol. The molecule has 1 heterocycles. The van der Waals surface area contributed by atoms with Gasteiger partial charge in [0.2, 0.25) is 0 Å². The molecule has 108 valence electrons. The number of rotatable bonds is 9. The summed E-state index contributed by atoms with van der Waals surface area (Å²) < 4.78 is 5.00. The van der Waals surface area contributed by atoms with Crippen LogP contribution in [-0.4, -0.2) is 31.8 Å². The number of hydrogen-bond acceptors (Lipinski definition) is 4. The molecule has 4 nitrogen and oxygen atoms in total. The van der Waals surface area contributed by atoms with Crippen molar-refractivity contribution >= 4 is 34.8 Å². The smallest absolute Gasteiger partial charge is 0.147 e. The van der Waals surface area contributed by atoms with Crippen molar-refractivity contribution in [1.29, 1.82) is 0 Å². The van der Waals surface area contributed by atoms with Crippen LogP contribution in [0.2, 0.25) is 10.0 Å². The maximum absolute atomic E-state index is 6.11. The Morgan fingerprint density at radius 1 is 1.11 bits per heavy atom. The summed E-state index contributed by atoms with van der Waals surface area (Å²) in [5.41, 5.74) is 0. The molecule has 0 amide bonds. The number of pyridine rings is 1. The van der Waals surface area contributed by atoms with Crippen LogP contribution in [-0.2, 0) is 4.74 Å². The van der Waals surface area contributed by atoms with Crippen molar-refractivity contribution in [2.75, 3.05) is 37.4 Å². The van der Waals surface area contributed by atoms with Gasteiger partial charge in [-0.15, -0.1) is 0 Å². The van der Waals surface area contributed by atoms with Gasteiger partial charge in [0.25, 0.3) is 0 Å². The Balaban J connectivity index is 2.46. The number of hydrogen-bond donors (Lipinski definition) is 2. The van der Waals surface area contributed by atoms with E-state index in [1.165, 1.54) is 0 Å². The van der Waals surface area contributed by atoms with Crippen LogP contribution in [0.15, 0.2) is 6.07 Å². The zero-order chi connectivity index (χ0) is 14.1. The molecule has 0 saturated carbocycles. The average molecular weight is 306 g/mol. The Bertz CT molecular complexity index is 388. The summed E-state index contributed by atoms with van der Waals surface area (Å²) in [5, 5.41) is 7.42. The van der Waals surface area contributed by atoms with E-state index in [1.807, 2.05) is 6.92 Å². The Labute approximate surface area is 124 Å². The van der Waals surface area contributed by atoms with E-state index < -0.39 is 0 Å². The topological polar surface area (TPSA) is 46.2 Å². The van der Waals surface area contributed by atoms with Crippen molar-refractivity contribution in [2.45, 2.75) is 26.2 Å². The zero-order valence-corrected chi connectivity index (χ0v) is 12.9. The van der Waals surface area contributed by atoms with E-state index in [0.29, 0.717) is 21.7 Å². The predicted octanol–water partition coefficient (Wildman–Crippen LogP) is 4.05. The van der Waals surface area contributed by atoms with Gasteiger partial charge in [-0.2, -0.15) is 0 Å². The van der Waals surface area contributed by atoms with Crippen molar-refractivity contribution in [3.05, 3.63) is 16.1 Å². The lowest BCUT2D eigenvalue weighted by Crippen LogP contribution is -2.07. The second kappa shape index (κ2) is 9.23. The van der Waals surface area contributed by atoms with Crippen LogP contribution >= 0.6 is 23.2 Å². The van der Waals surface area contributed by atoms with E-state index in [-0.39, 0.29) is 0 Å². The zero-order valence-electron chi connectivity index (χ0n) is 11.4. The van der Waals surface area contributed by atoms with Crippen molar-refractivity contribution in [3.63, 3.8) is 0 Å². The Kier molecular flexibility index (Phi) is 7.94. The first kappa shape index (κ1) is 16.3. The Morgan fingerprint density at radius 3 is 2.42 bits per heavy atom. The minimum atomic E-state index is 0.539. The van der Waals surface area contributed by atoms with Crippen LogP contribution in [0.25, 0.3) is 0 Å². The molecule has 0 aliphatic heterocycles. The lowest BCUT2D eigenvalue weighted by atomic mass is 10.2. The molecule has 0 saturated heterocycles. The summed E-state index contributed by atoms with van der Waals surface area (Å²) in [5.74, 6) is 1.34. The van der Waals surface area contributed by atoms with Gasteiger partial charge >= 0.3 is 0 Å². The highest BCUT2D eigenvalue weighted by atomic mass is 35.5. The molecule has 0 unspecified atom stereocenters. The molecule has 1 aromatic heterocycles. The third-order valence-electron chi connectivity index (χ3n) is 2.59. The fraction of sp³-hybridized carbons (Fsp3) is 0.615. The number of methoxy groups -OCH3 is 1. The van der Waals surface area contributed by atoms with Gasteiger partial charge in [0.15, 0.2) is 0 Å². The fourth-order valence-electron chi connectivity index (χ4n) is 1.64. The van der Waals surface area contributed by atoms with Crippen LogP contribution in [0.3, 0.4) is 0 Å². The second-order valence-electron chi connectivity index (χ2n) is 4.16. The molecule has 1 aromatic rings. The first-order valence-corrected chi connectivity index (χ1v) is 7.27. The molecule has 0 aliphatic carbocycles. The van der Waals surface area contributed by atoms with Crippen molar-refractivity contribution in [1.82, 2.24) is 4.98 Å². The minimum absolute atomic E-state index is 0.539. The van der Waals surface area contributed by atoms with Crippen LogP contribution in [0.1, 0.15) is 26.2 Å². The summed E-state index contributed by atoms with van der Waals surface area (Å²) >= 11 is 12.2. The highest BCUT2D eigenvalue weighted by molar-refractivity contribution is 6.37. The van der Waals surface area contributed by atoms with E-state index in [1.54, 1.807) is 13.2 Å². The van der Waals surface area contributed by atoms with Gasteiger partial charge in [-0.25, -0.2) is 4.98 Å². The Morgan fingerprint density at radius 2 is 1.79 bits per heavy atom. The monoisotopic (exact) mass is 305 g/mol. The highest BCUT2D eigenvalue weighted by Gasteiger charge is 2.08. The third-order valence-corrected chi connectivity index (χ3v) is 3.17. The number of nitrogens with zero attached hydrogens (tertiary/aromatic N) is 1. The van der Waals surface area contributed by atoms with Crippen molar-refractivity contribution in [2.24, 2.45) is 0 Å². The first-order valence-electron chi connectivity index (χ1n) is 6.51. The number of ether oxygens (including phenoxy) is 1. The van der Waals surface area contributed by atoms with Gasteiger partial charge < -0.3 is 15.4 Å². The van der Waals surface area contributed by atoms with Gasteiger partial charge in [0.1, 0.15) is 11.6 Å². The van der Waals surface area contributed by atoms with E-state index >= 15 is 0 Å². The van der Waals surface area contributed by atoms with E-state index in [0.717, 1.165) is 39.0 Å². The summed E-state index contributed by atoms with van der Waals surface area (Å²) in [7, 11) is 1.72. The van der Waals surface area contributed by atoms with Crippen LogP contribution in [0.4, 0.5) is 11.6 Å². The maximum Gasteiger partial charge on any atom is 0.147 e. The molecular formula is C13H21Cl2N3O. The molecule has 0 spiro atoms. The molecule has 2 N–H and O–H groups in total. The van der Waals surface area contributed by atoms with E-state index in [2.05, 4.69) is 15.6 Å². The van der Waals surface area contributed by atoms with Gasteiger partial charge in [-0.3, -0.25) is 0 Å². The summed E-state index contributed by atoms with van der Waals surface area (Å²) in [6.45, 7) is 4.41. The average Bonchev–Trinajstić information content (AvgIpc) is 2.38. The standard InChI is InChI=1S/C13H21Cl2N3O/c1-3-16-12-10(14)9-11(15)13(18-12)17-7-5-4-6-8-19-2/h9H,3-8H2,1-2H3,(H2,16,17,18). The van der Waals surface area contributed by atoms with Gasteiger partial charge in [-0.05, 0) is 32.3 Å². The fourth-order valence-corrected chi connectivity index (χ4v) is 2.13. The van der Waals surface area contributed by atoms with E-state index in [9.17, 15) is 0 Å². The lowest BCUT2D eigenvalue weighted by Gasteiger charge is -2.11. The van der Waals surface area contributed by atoms with Crippen LogP contribution in [0, 0.1) is 0 Å². The maximum atomic E-state index is 6.11. The summed E-state index contributed by atoms with van der Waals surface area (Å²) in [6.07, 6.45) is 3.25. The molecule has 0 aromatic carbocycles. The molecule has 6 heteroatoms. The number of nitrogens with one attached hydrogen (secondary N) is 2. The van der Waals surface area contributed by atoms with Gasteiger partial charge in [-0.1, -0.05) is 23.2 Å². The van der Waals surface area contributed by atoms with Gasteiger partial charge in [0.05, 0.1) is 10.0 Å². The molecule has 0 bridgehead atoms. The highest BCUT2D eigenvalue weighted by Crippen LogP contribution is 2.29. The largest absolute Gasteiger partial charge is 0.385 e. The number of halogens is 2. The SMILES string of the molecule is CCNc1nc(NCCCCCOC)c(Cl)cc1Cl. The quantitative estimate of drug-likeness (QED) is 0.676. The number of anilines is 2. The summed E-state index contributed by atoms with van der Waals surface area (Å²) in [6, 6.07) is 1.71. The molecular weight excluding hydrogens is 285 g/mol. The molecule has 0 aliphatic rings. The van der Waals surface area contributed by atoms with Gasteiger partial charge in [0, 0.05) is 26.8 Å². The molecule has 1 rings (SSSR count). The third kappa shape index (κ3) is 5.85. The van der Waals surface area contributed by atoms with Crippen molar-refractivity contribution in [3.8, 4) is 0 Å². The molecule has 0 radical (unpaired) electrons. The Hall–Kier alpha value is -0.710. The van der Waals surface area contributed by atoms with Crippen molar-refractivity contribution < 1.29 is 4.74 Å². The minimum Gasteiger partial charge on any atom is -0.385 e.